The lowest BCUT2D eigenvalue weighted by Crippen LogP contribution is -1.94. The van der Waals surface area contributed by atoms with Gasteiger partial charge < -0.3 is 10.6 Å². The quantitative estimate of drug-likeness (QED) is 0.877. The first-order valence-corrected chi connectivity index (χ1v) is 5.79. The average molecular weight is 268 g/mol. The van der Waals surface area contributed by atoms with Gasteiger partial charge in [0.15, 0.2) is 0 Å². The van der Waals surface area contributed by atoms with E-state index in [4.69, 9.17) is 23.2 Å². The lowest BCUT2D eigenvalue weighted by molar-refractivity contribution is 1.30. The molecule has 0 saturated heterocycles. The van der Waals surface area contributed by atoms with Crippen molar-refractivity contribution >= 4 is 40.3 Å². The summed E-state index contributed by atoms with van der Waals surface area (Å²) in [6.45, 7) is 0. The van der Waals surface area contributed by atoms with Crippen molar-refractivity contribution in [3.05, 3.63) is 46.7 Å². The Labute approximate surface area is 110 Å². The molecule has 0 aliphatic rings. The zero-order valence-corrected chi connectivity index (χ0v) is 10.7. The number of nitrogens with zero attached hydrogens (tertiary/aromatic N) is 1. The Bertz CT molecular complexity index is 529. The van der Waals surface area contributed by atoms with E-state index in [2.05, 4.69) is 15.6 Å². The molecule has 2 rings (SSSR count). The molecule has 0 radical (unpaired) electrons. The van der Waals surface area contributed by atoms with Crippen molar-refractivity contribution in [2.45, 2.75) is 0 Å². The molecule has 0 spiro atoms. The second-order valence-electron chi connectivity index (χ2n) is 3.46. The van der Waals surface area contributed by atoms with Crippen molar-refractivity contribution < 1.29 is 0 Å². The fourth-order valence-electron chi connectivity index (χ4n) is 1.39. The van der Waals surface area contributed by atoms with E-state index in [1.165, 1.54) is 0 Å². The fourth-order valence-corrected chi connectivity index (χ4v) is 1.85. The maximum Gasteiger partial charge on any atom is 0.0655 e. The largest absolute Gasteiger partial charge is 0.387 e. The monoisotopic (exact) mass is 267 g/mol. The predicted octanol–water partition coefficient (Wildman–Crippen LogP) is 4.17. The van der Waals surface area contributed by atoms with E-state index in [0.29, 0.717) is 10.0 Å². The van der Waals surface area contributed by atoms with Crippen molar-refractivity contribution in [3.63, 3.8) is 0 Å². The molecule has 1 aromatic heterocycles. The first-order chi connectivity index (χ1) is 8.19. The topological polar surface area (TPSA) is 37.0 Å². The Balaban J connectivity index is 2.25. The summed E-state index contributed by atoms with van der Waals surface area (Å²) < 4.78 is 0. The Morgan fingerprint density at radius 3 is 2.53 bits per heavy atom. The molecule has 88 valence electrons. The third kappa shape index (κ3) is 3.02. The van der Waals surface area contributed by atoms with Gasteiger partial charge in [0, 0.05) is 12.1 Å². The van der Waals surface area contributed by atoms with E-state index < -0.39 is 0 Å². The van der Waals surface area contributed by atoms with Gasteiger partial charge in [0.1, 0.15) is 0 Å². The highest BCUT2D eigenvalue weighted by Gasteiger charge is 2.02. The second kappa shape index (κ2) is 5.25. The van der Waals surface area contributed by atoms with E-state index in [1.807, 2.05) is 19.2 Å². The summed E-state index contributed by atoms with van der Waals surface area (Å²) in [6.07, 6.45) is 3.47. The Hall–Kier alpha value is -1.45. The smallest absolute Gasteiger partial charge is 0.0655 e. The lowest BCUT2D eigenvalue weighted by Gasteiger charge is -2.09. The van der Waals surface area contributed by atoms with Crippen LogP contribution in [0, 0.1) is 0 Å². The summed E-state index contributed by atoms with van der Waals surface area (Å²) in [6, 6.07) is 7.25. The van der Waals surface area contributed by atoms with Crippen LogP contribution in [0.5, 0.6) is 0 Å². The van der Waals surface area contributed by atoms with Crippen molar-refractivity contribution in [1.29, 1.82) is 0 Å². The van der Waals surface area contributed by atoms with Gasteiger partial charge in [-0.15, -0.1) is 0 Å². The maximum atomic E-state index is 6.07. The number of rotatable bonds is 3. The van der Waals surface area contributed by atoms with Crippen molar-refractivity contribution in [1.82, 2.24) is 4.98 Å². The summed E-state index contributed by atoms with van der Waals surface area (Å²) in [5.41, 5.74) is 2.59. The number of halogens is 2. The molecule has 0 saturated carbocycles. The fraction of sp³-hybridized carbons (Fsp3) is 0.0833. The molecule has 0 aliphatic heterocycles. The molecule has 0 unspecified atom stereocenters. The molecule has 3 nitrogen and oxygen atoms in total. The van der Waals surface area contributed by atoms with Crippen LogP contribution in [0.2, 0.25) is 10.0 Å². The molecule has 1 heterocycles. The third-order valence-corrected chi connectivity index (χ3v) is 2.78. The van der Waals surface area contributed by atoms with Crippen LogP contribution in [-0.2, 0) is 0 Å². The maximum absolute atomic E-state index is 6.07. The number of hydrogen-bond acceptors (Lipinski definition) is 3. The average Bonchev–Trinajstić information content (AvgIpc) is 2.33. The molecule has 2 N–H and O–H groups in total. The van der Waals surface area contributed by atoms with Crippen LogP contribution in [-0.4, -0.2) is 12.0 Å². The van der Waals surface area contributed by atoms with Gasteiger partial charge in [0.2, 0.25) is 0 Å². The van der Waals surface area contributed by atoms with E-state index in [9.17, 15) is 0 Å². The SMILES string of the molecule is CNc1cncc(Nc2ccc(Cl)cc2Cl)c1. The summed E-state index contributed by atoms with van der Waals surface area (Å²) in [5, 5.41) is 7.39. The Morgan fingerprint density at radius 2 is 1.82 bits per heavy atom. The van der Waals surface area contributed by atoms with Gasteiger partial charge in [-0.05, 0) is 24.3 Å². The molecule has 2 aromatic rings. The minimum absolute atomic E-state index is 0.576. The van der Waals surface area contributed by atoms with E-state index in [0.717, 1.165) is 17.1 Å². The number of pyridine rings is 1. The zero-order valence-electron chi connectivity index (χ0n) is 9.17. The second-order valence-corrected chi connectivity index (χ2v) is 4.31. The normalized spacial score (nSPS) is 10.1. The van der Waals surface area contributed by atoms with E-state index in [1.54, 1.807) is 24.5 Å². The van der Waals surface area contributed by atoms with Gasteiger partial charge in [0.25, 0.3) is 0 Å². The summed E-state index contributed by atoms with van der Waals surface area (Å²) >= 11 is 11.9. The van der Waals surface area contributed by atoms with Crippen LogP contribution in [0.4, 0.5) is 17.1 Å². The number of anilines is 3. The van der Waals surface area contributed by atoms with Gasteiger partial charge in [-0.25, -0.2) is 0 Å². The van der Waals surface area contributed by atoms with Crippen LogP contribution in [0.25, 0.3) is 0 Å². The molecule has 17 heavy (non-hydrogen) atoms. The molecule has 0 atom stereocenters. The minimum atomic E-state index is 0.576. The molecule has 0 amide bonds. The predicted molar refractivity (Wildman–Crippen MR) is 73.5 cm³/mol. The molecule has 0 bridgehead atoms. The highest BCUT2D eigenvalue weighted by Crippen LogP contribution is 2.28. The van der Waals surface area contributed by atoms with Gasteiger partial charge in [0.05, 0.1) is 34.5 Å². The van der Waals surface area contributed by atoms with Gasteiger partial charge in [-0.1, -0.05) is 23.2 Å². The number of hydrogen-bond donors (Lipinski definition) is 2. The highest BCUT2D eigenvalue weighted by molar-refractivity contribution is 6.36. The molecule has 0 fully saturated rings. The number of aromatic nitrogens is 1. The molecule has 0 aliphatic carbocycles. The highest BCUT2D eigenvalue weighted by atomic mass is 35.5. The van der Waals surface area contributed by atoms with Crippen molar-refractivity contribution in [2.24, 2.45) is 0 Å². The van der Waals surface area contributed by atoms with Gasteiger partial charge in [-0.3, -0.25) is 4.98 Å². The summed E-state index contributed by atoms with van der Waals surface area (Å²) in [7, 11) is 1.84. The van der Waals surface area contributed by atoms with Crippen LogP contribution in [0.1, 0.15) is 0 Å². The third-order valence-electron chi connectivity index (χ3n) is 2.24. The van der Waals surface area contributed by atoms with E-state index >= 15 is 0 Å². The summed E-state index contributed by atoms with van der Waals surface area (Å²) in [5.74, 6) is 0. The first kappa shape index (κ1) is 12.0. The molecular weight excluding hydrogens is 257 g/mol. The minimum Gasteiger partial charge on any atom is -0.387 e. The molecular formula is C12H11Cl2N3. The standard InChI is InChI=1S/C12H11Cl2N3/c1-15-9-5-10(7-16-6-9)17-12-3-2-8(13)4-11(12)14/h2-7,15,17H,1H3. The number of benzene rings is 1. The van der Waals surface area contributed by atoms with Crippen LogP contribution >= 0.6 is 23.2 Å². The first-order valence-electron chi connectivity index (χ1n) is 5.04. The summed E-state index contributed by atoms with van der Waals surface area (Å²) in [4.78, 5) is 4.10. The van der Waals surface area contributed by atoms with E-state index in [-0.39, 0.29) is 0 Å². The molecule has 1 aromatic carbocycles. The molecule has 5 heteroatoms. The van der Waals surface area contributed by atoms with Gasteiger partial charge >= 0.3 is 0 Å². The van der Waals surface area contributed by atoms with Crippen molar-refractivity contribution in [2.75, 3.05) is 17.7 Å². The number of nitrogens with one attached hydrogen (secondary N) is 2. The zero-order chi connectivity index (χ0) is 12.3. The van der Waals surface area contributed by atoms with Crippen LogP contribution in [0.15, 0.2) is 36.7 Å². The van der Waals surface area contributed by atoms with Crippen molar-refractivity contribution in [3.8, 4) is 0 Å². The Morgan fingerprint density at radius 1 is 1.06 bits per heavy atom. The Kier molecular flexibility index (Phi) is 3.71. The van der Waals surface area contributed by atoms with Crippen LogP contribution in [0.3, 0.4) is 0 Å². The van der Waals surface area contributed by atoms with Gasteiger partial charge in [-0.2, -0.15) is 0 Å². The lowest BCUT2D eigenvalue weighted by atomic mass is 10.3. The van der Waals surface area contributed by atoms with Crippen LogP contribution < -0.4 is 10.6 Å².